The highest BCUT2D eigenvalue weighted by Crippen LogP contribution is 2.18. The fraction of sp³-hybridized carbons (Fsp3) is 0.400. The zero-order chi connectivity index (χ0) is 9.97. The monoisotopic (exact) mass is 235 g/mol. The Hall–Kier alpha value is -0.710. The molecule has 2 nitrogen and oxygen atoms in total. The summed E-state index contributed by atoms with van der Waals surface area (Å²) in [7, 11) is 0. The third-order valence-electron chi connectivity index (χ3n) is 2.21. The summed E-state index contributed by atoms with van der Waals surface area (Å²) in [5.74, 6) is -1.10. The van der Waals surface area contributed by atoms with Gasteiger partial charge < -0.3 is 10.1 Å². The van der Waals surface area contributed by atoms with Crippen LogP contribution in [0.25, 0.3) is 0 Å². The molecule has 2 rings (SSSR count). The quantitative estimate of drug-likeness (QED) is 0.805. The first kappa shape index (κ1) is 12.4. The van der Waals surface area contributed by atoms with Crippen LogP contribution in [0.2, 0.25) is 0 Å². The van der Waals surface area contributed by atoms with Crippen LogP contribution in [-0.4, -0.2) is 19.8 Å². The molecule has 84 valence electrons. The molecule has 0 saturated carbocycles. The van der Waals surface area contributed by atoms with E-state index >= 15 is 0 Å². The molecule has 0 aliphatic carbocycles. The minimum atomic E-state index is -0.549. The standard InChI is InChI=1S/C10H11F2NO.ClH/c11-8-3-7(4-9(12)5-8)10-6-14-2-1-13-10;/h3-5,10,13H,1-2,6H2;1H/t10-;/m1./s1. The van der Waals surface area contributed by atoms with Gasteiger partial charge in [0.2, 0.25) is 0 Å². The maximum absolute atomic E-state index is 12.9. The number of hydrogen-bond donors (Lipinski definition) is 1. The third-order valence-corrected chi connectivity index (χ3v) is 2.21. The lowest BCUT2D eigenvalue weighted by Crippen LogP contribution is -2.34. The zero-order valence-corrected chi connectivity index (χ0v) is 8.82. The number of nitrogens with one attached hydrogen (secondary N) is 1. The van der Waals surface area contributed by atoms with Crippen molar-refractivity contribution in [1.29, 1.82) is 0 Å². The van der Waals surface area contributed by atoms with Crippen molar-refractivity contribution in [3.63, 3.8) is 0 Å². The van der Waals surface area contributed by atoms with Gasteiger partial charge in [-0.25, -0.2) is 8.78 Å². The Morgan fingerprint density at radius 3 is 2.40 bits per heavy atom. The van der Waals surface area contributed by atoms with Crippen LogP contribution in [0.3, 0.4) is 0 Å². The molecular weight excluding hydrogens is 224 g/mol. The van der Waals surface area contributed by atoms with E-state index in [4.69, 9.17) is 4.74 Å². The van der Waals surface area contributed by atoms with Gasteiger partial charge in [0.1, 0.15) is 11.6 Å². The normalized spacial score (nSPS) is 20.8. The molecule has 15 heavy (non-hydrogen) atoms. The van der Waals surface area contributed by atoms with E-state index in [-0.39, 0.29) is 18.4 Å². The lowest BCUT2D eigenvalue weighted by molar-refractivity contribution is 0.0767. The van der Waals surface area contributed by atoms with Crippen LogP contribution in [0.5, 0.6) is 0 Å². The van der Waals surface area contributed by atoms with E-state index in [1.807, 2.05) is 0 Å². The van der Waals surface area contributed by atoms with Gasteiger partial charge in [0, 0.05) is 12.6 Å². The van der Waals surface area contributed by atoms with Crippen LogP contribution in [0.15, 0.2) is 18.2 Å². The van der Waals surface area contributed by atoms with Crippen molar-refractivity contribution in [2.45, 2.75) is 6.04 Å². The molecule has 1 aromatic carbocycles. The number of ether oxygens (including phenoxy) is 1. The number of benzene rings is 1. The van der Waals surface area contributed by atoms with Gasteiger partial charge in [0.05, 0.1) is 19.3 Å². The minimum Gasteiger partial charge on any atom is -0.378 e. The molecule has 1 saturated heterocycles. The highest BCUT2D eigenvalue weighted by molar-refractivity contribution is 5.85. The SMILES string of the molecule is Cl.Fc1cc(F)cc([C@H]2COCCN2)c1. The molecule has 1 atom stereocenters. The van der Waals surface area contributed by atoms with Crippen molar-refractivity contribution >= 4 is 12.4 Å². The van der Waals surface area contributed by atoms with Crippen LogP contribution >= 0.6 is 12.4 Å². The molecule has 1 aromatic rings. The predicted octanol–water partition coefficient (Wildman–Crippen LogP) is 2.05. The van der Waals surface area contributed by atoms with Crippen LogP contribution < -0.4 is 5.32 Å². The van der Waals surface area contributed by atoms with Gasteiger partial charge in [-0.2, -0.15) is 0 Å². The van der Waals surface area contributed by atoms with Gasteiger partial charge >= 0.3 is 0 Å². The second-order valence-electron chi connectivity index (χ2n) is 3.28. The first-order valence-electron chi connectivity index (χ1n) is 4.53. The van der Waals surface area contributed by atoms with Crippen LogP contribution in [0, 0.1) is 11.6 Å². The van der Waals surface area contributed by atoms with E-state index in [2.05, 4.69) is 5.32 Å². The van der Waals surface area contributed by atoms with Crippen molar-refractivity contribution in [3.8, 4) is 0 Å². The van der Waals surface area contributed by atoms with Crippen LogP contribution in [0.1, 0.15) is 11.6 Å². The molecule has 1 fully saturated rings. The minimum absolute atomic E-state index is 0. The Morgan fingerprint density at radius 1 is 1.20 bits per heavy atom. The summed E-state index contributed by atoms with van der Waals surface area (Å²) in [5, 5.41) is 3.13. The van der Waals surface area contributed by atoms with Gasteiger partial charge in [0.25, 0.3) is 0 Å². The highest BCUT2D eigenvalue weighted by atomic mass is 35.5. The molecular formula is C10H12ClF2NO. The van der Waals surface area contributed by atoms with Crippen molar-refractivity contribution in [2.24, 2.45) is 0 Å². The summed E-state index contributed by atoms with van der Waals surface area (Å²) in [6.45, 7) is 1.82. The van der Waals surface area contributed by atoms with Gasteiger partial charge in [-0.15, -0.1) is 12.4 Å². The van der Waals surface area contributed by atoms with Gasteiger partial charge in [-0.1, -0.05) is 0 Å². The zero-order valence-electron chi connectivity index (χ0n) is 8.00. The molecule has 1 aliphatic rings. The molecule has 1 N–H and O–H groups in total. The largest absolute Gasteiger partial charge is 0.378 e. The summed E-state index contributed by atoms with van der Waals surface area (Å²) in [4.78, 5) is 0. The Kier molecular flexibility index (Phi) is 4.45. The maximum atomic E-state index is 12.9. The molecule has 0 bridgehead atoms. The first-order valence-corrected chi connectivity index (χ1v) is 4.53. The van der Waals surface area contributed by atoms with E-state index in [1.165, 1.54) is 12.1 Å². The molecule has 0 spiro atoms. The van der Waals surface area contributed by atoms with Crippen LogP contribution in [-0.2, 0) is 4.74 Å². The number of hydrogen-bond acceptors (Lipinski definition) is 2. The van der Waals surface area contributed by atoms with Crippen molar-refractivity contribution in [3.05, 3.63) is 35.4 Å². The summed E-state index contributed by atoms with van der Waals surface area (Å²) >= 11 is 0. The van der Waals surface area contributed by atoms with E-state index in [1.54, 1.807) is 0 Å². The molecule has 5 heteroatoms. The summed E-state index contributed by atoms with van der Waals surface area (Å²) < 4.78 is 31.0. The highest BCUT2D eigenvalue weighted by Gasteiger charge is 2.16. The molecule has 1 aliphatic heterocycles. The predicted molar refractivity (Wildman–Crippen MR) is 55.2 cm³/mol. The van der Waals surface area contributed by atoms with Crippen molar-refractivity contribution < 1.29 is 13.5 Å². The fourth-order valence-electron chi connectivity index (χ4n) is 1.56. The second kappa shape index (κ2) is 5.39. The smallest absolute Gasteiger partial charge is 0.126 e. The fourth-order valence-corrected chi connectivity index (χ4v) is 1.56. The van der Waals surface area contributed by atoms with E-state index in [9.17, 15) is 8.78 Å². The maximum Gasteiger partial charge on any atom is 0.126 e. The molecule has 0 radical (unpaired) electrons. The van der Waals surface area contributed by atoms with E-state index in [0.717, 1.165) is 6.07 Å². The molecule has 0 amide bonds. The van der Waals surface area contributed by atoms with E-state index < -0.39 is 11.6 Å². The number of halogens is 3. The lowest BCUT2D eigenvalue weighted by Gasteiger charge is -2.24. The second-order valence-corrected chi connectivity index (χ2v) is 3.28. The molecule has 1 heterocycles. The topological polar surface area (TPSA) is 21.3 Å². The van der Waals surface area contributed by atoms with Crippen LogP contribution in [0.4, 0.5) is 8.78 Å². The number of morpholine rings is 1. The summed E-state index contributed by atoms with van der Waals surface area (Å²) in [5.41, 5.74) is 0.599. The molecule has 0 aromatic heterocycles. The average Bonchev–Trinajstić information content (AvgIpc) is 2.18. The average molecular weight is 236 g/mol. The Balaban J connectivity index is 0.00000112. The van der Waals surface area contributed by atoms with E-state index in [0.29, 0.717) is 25.3 Å². The number of rotatable bonds is 1. The lowest BCUT2D eigenvalue weighted by atomic mass is 10.1. The van der Waals surface area contributed by atoms with Gasteiger partial charge in [-0.05, 0) is 17.7 Å². The summed E-state index contributed by atoms with van der Waals surface area (Å²) in [6.07, 6.45) is 0. The summed E-state index contributed by atoms with van der Waals surface area (Å²) in [6, 6.07) is 3.42. The van der Waals surface area contributed by atoms with Crippen molar-refractivity contribution in [2.75, 3.05) is 19.8 Å². The van der Waals surface area contributed by atoms with Gasteiger partial charge in [-0.3, -0.25) is 0 Å². The molecule has 0 unspecified atom stereocenters. The third kappa shape index (κ3) is 3.12. The Labute approximate surface area is 93.0 Å². The first-order chi connectivity index (χ1) is 6.75. The Morgan fingerprint density at radius 2 is 1.87 bits per heavy atom. The van der Waals surface area contributed by atoms with Crippen molar-refractivity contribution in [1.82, 2.24) is 5.32 Å². The van der Waals surface area contributed by atoms with Gasteiger partial charge in [0.15, 0.2) is 0 Å². The Bertz CT molecular complexity index is 309.